The van der Waals surface area contributed by atoms with Crippen LogP contribution in [0.25, 0.3) is 0 Å². The van der Waals surface area contributed by atoms with Gasteiger partial charge in [0.25, 0.3) is 0 Å². The van der Waals surface area contributed by atoms with Crippen LogP contribution in [0.1, 0.15) is 5.56 Å². The van der Waals surface area contributed by atoms with Gasteiger partial charge >= 0.3 is 5.97 Å². The first-order chi connectivity index (χ1) is 8.10. The van der Waals surface area contributed by atoms with E-state index in [0.717, 1.165) is 6.07 Å². The molecule has 1 aliphatic heterocycles. The number of halogens is 2. The second-order valence-corrected chi connectivity index (χ2v) is 3.98. The molecule has 1 heterocycles. The van der Waals surface area contributed by atoms with Crippen molar-refractivity contribution >= 4 is 5.97 Å². The zero-order valence-electron chi connectivity index (χ0n) is 9.28. The molecule has 2 atom stereocenters. The van der Waals surface area contributed by atoms with Crippen LogP contribution in [-0.2, 0) is 20.7 Å². The van der Waals surface area contributed by atoms with E-state index < -0.39 is 23.5 Å². The lowest BCUT2D eigenvalue weighted by molar-refractivity contribution is -0.146. The van der Waals surface area contributed by atoms with Gasteiger partial charge in [0.05, 0.1) is 25.7 Å². The molecule has 1 aliphatic rings. The fraction of sp³-hybridized carbons (Fsp3) is 0.417. The van der Waals surface area contributed by atoms with Crippen LogP contribution in [-0.4, -0.2) is 25.8 Å². The number of hydrogen-bond donors (Lipinski definition) is 0. The van der Waals surface area contributed by atoms with Crippen molar-refractivity contribution < 1.29 is 23.0 Å². The van der Waals surface area contributed by atoms with Crippen LogP contribution in [0, 0.1) is 17.6 Å². The Kier molecular flexibility index (Phi) is 3.38. The summed E-state index contributed by atoms with van der Waals surface area (Å²) in [7, 11) is 1.28. The highest BCUT2D eigenvalue weighted by Gasteiger charge is 2.38. The lowest BCUT2D eigenvalue weighted by Gasteiger charge is -2.12. The summed E-state index contributed by atoms with van der Waals surface area (Å²) in [6.07, 6.45) is 0.0141. The van der Waals surface area contributed by atoms with Crippen molar-refractivity contribution in [2.24, 2.45) is 5.92 Å². The van der Waals surface area contributed by atoms with Crippen molar-refractivity contribution in [1.82, 2.24) is 0 Å². The Hall–Kier alpha value is -1.49. The Labute approximate surface area is 97.3 Å². The SMILES string of the molecule is COC(=O)C(Cc1cc(F)cc(F)c1)C1CO1. The van der Waals surface area contributed by atoms with Crippen molar-refractivity contribution in [1.29, 1.82) is 0 Å². The smallest absolute Gasteiger partial charge is 0.311 e. The van der Waals surface area contributed by atoms with Gasteiger partial charge in [0.15, 0.2) is 0 Å². The first-order valence-electron chi connectivity index (χ1n) is 5.24. The van der Waals surface area contributed by atoms with Gasteiger partial charge in [-0.05, 0) is 24.1 Å². The molecule has 92 valence electrons. The van der Waals surface area contributed by atoms with E-state index in [1.807, 2.05) is 0 Å². The number of esters is 1. The summed E-state index contributed by atoms with van der Waals surface area (Å²) in [4.78, 5) is 11.5. The van der Waals surface area contributed by atoms with E-state index in [9.17, 15) is 13.6 Å². The van der Waals surface area contributed by atoms with E-state index in [1.54, 1.807) is 0 Å². The number of methoxy groups -OCH3 is 1. The Morgan fingerprint density at radius 1 is 1.47 bits per heavy atom. The minimum Gasteiger partial charge on any atom is -0.469 e. The molecule has 1 aromatic carbocycles. The van der Waals surface area contributed by atoms with Gasteiger partial charge < -0.3 is 9.47 Å². The fourth-order valence-corrected chi connectivity index (χ4v) is 1.79. The first-order valence-corrected chi connectivity index (χ1v) is 5.24. The summed E-state index contributed by atoms with van der Waals surface area (Å²) in [5, 5.41) is 0. The molecule has 0 aliphatic carbocycles. The predicted octanol–water partition coefficient (Wildman–Crippen LogP) is 1.70. The maximum absolute atomic E-state index is 13.0. The number of carbonyl (C=O) groups is 1. The summed E-state index contributed by atoms with van der Waals surface area (Å²) in [6.45, 7) is 0.484. The normalized spacial score (nSPS) is 19.8. The van der Waals surface area contributed by atoms with Gasteiger partial charge in [0.2, 0.25) is 0 Å². The molecule has 2 rings (SSSR count). The van der Waals surface area contributed by atoms with Crippen molar-refractivity contribution in [3.8, 4) is 0 Å². The van der Waals surface area contributed by atoms with Crippen molar-refractivity contribution in [2.75, 3.05) is 13.7 Å². The molecule has 17 heavy (non-hydrogen) atoms. The molecule has 1 fully saturated rings. The Bertz CT molecular complexity index is 410. The number of hydrogen-bond acceptors (Lipinski definition) is 3. The average molecular weight is 242 g/mol. The van der Waals surface area contributed by atoms with Crippen LogP contribution in [0.15, 0.2) is 18.2 Å². The second kappa shape index (κ2) is 4.79. The minimum absolute atomic E-state index is 0.200. The highest BCUT2D eigenvalue weighted by atomic mass is 19.1. The maximum atomic E-state index is 13.0. The van der Waals surface area contributed by atoms with Gasteiger partial charge in [-0.1, -0.05) is 0 Å². The molecule has 0 bridgehead atoms. The van der Waals surface area contributed by atoms with Gasteiger partial charge in [-0.2, -0.15) is 0 Å². The van der Waals surface area contributed by atoms with Crippen LogP contribution >= 0.6 is 0 Å². The fourth-order valence-electron chi connectivity index (χ4n) is 1.79. The molecule has 5 heteroatoms. The topological polar surface area (TPSA) is 38.8 Å². The number of benzene rings is 1. The Balaban J connectivity index is 2.14. The van der Waals surface area contributed by atoms with Crippen molar-refractivity contribution in [3.05, 3.63) is 35.4 Å². The third-order valence-corrected chi connectivity index (χ3v) is 2.69. The molecule has 0 aromatic heterocycles. The third-order valence-electron chi connectivity index (χ3n) is 2.69. The third kappa shape index (κ3) is 3.00. The zero-order valence-corrected chi connectivity index (χ0v) is 9.28. The molecule has 0 N–H and O–H groups in total. The first kappa shape index (κ1) is 12.0. The molecule has 0 amide bonds. The van der Waals surface area contributed by atoms with Crippen LogP contribution in [0.4, 0.5) is 8.78 Å². The Morgan fingerprint density at radius 2 is 2.06 bits per heavy atom. The highest BCUT2D eigenvalue weighted by molar-refractivity contribution is 5.73. The standard InChI is InChI=1S/C12H12F2O3/c1-16-12(15)10(11-6-17-11)4-7-2-8(13)5-9(14)3-7/h2-3,5,10-11H,4,6H2,1H3. The van der Waals surface area contributed by atoms with Gasteiger partial charge in [-0.3, -0.25) is 4.79 Å². The molecular formula is C12H12F2O3. The van der Waals surface area contributed by atoms with Crippen LogP contribution in [0.2, 0.25) is 0 Å². The number of rotatable bonds is 4. The number of carbonyl (C=O) groups excluding carboxylic acids is 1. The zero-order chi connectivity index (χ0) is 12.4. The second-order valence-electron chi connectivity index (χ2n) is 3.98. The molecule has 3 nitrogen and oxygen atoms in total. The van der Waals surface area contributed by atoms with Crippen LogP contribution in [0.5, 0.6) is 0 Å². The van der Waals surface area contributed by atoms with Gasteiger partial charge in [-0.25, -0.2) is 8.78 Å². The van der Waals surface area contributed by atoms with E-state index >= 15 is 0 Å². The summed E-state index contributed by atoms with van der Waals surface area (Å²) >= 11 is 0. The lowest BCUT2D eigenvalue weighted by atomic mass is 9.96. The molecule has 0 saturated carbocycles. The monoisotopic (exact) mass is 242 g/mol. The molecular weight excluding hydrogens is 230 g/mol. The van der Waals surface area contributed by atoms with E-state index in [-0.39, 0.29) is 12.5 Å². The predicted molar refractivity (Wildman–Crippen MR) is 55.3 cm³/mol. The van der Waals surface area contributed by atoms with Crippen LogP contribution in [0.3, 0.4) is 0 Å². The molecule has 0 radical (unpaired) electrons. The molecule has 1 saturated heterocycles. The molecule has 2 unspecified atom stereocenters. The van der Waals surface area contributed by atoms with Crippen molar-refractivity contribution in [2.45, 2.75) is 12.5 Å². The van der Waals surface area contributed by atoms with Crippen molar-refractivity contribution in [3.63, 3.8) is 0 Å². The van der Waals surface area contributed by atoms with Gasteiger partial charge in [0, 0.05) is 6.07 Å². The highest BCUT2D eigenvalue weighted by Crippen LogP contribution is 2.25. The summed E-state index contributed by atoms with van der Waals surface area (Å²) in [5.41, 5.74) is 0.424. The summed E-state index contributed by atoms with van der Waals surface area (Å²) in [5.74, 6) is -2.22. The van der Waals surface area contributed by atoms with E-state index in [2.05, 4.69) is 4.74 Å². The summed E-state index contributed by atoms with van der Waals surface area (Å²) < 4.78 is 35.7. The number of ether oxygens (including phenoxy) is 2. The lowest BCUT2D eigenvalue weighted by Crippen LogP contribution is -2.24. The van der Waals surface area contributed by atoms with E-state index in [4.69, 9.17) is 4.74 Å². The minimum atomic E-state index is -0.652. The van der Waals surface area contributed by atoms with Crippen LogP contribution < -0.4 is 0 Å². The average Bonchev–Trinajstić information content (AvgIpc) is 3.07. The van der Waals surface area contributed by atoms with Gasteiger partial charge in [0.1, 0.15) is 11.6 Å². The van der Waals surface area contributed by atoms with Gasteiger partial charge in [-0.15, -0.1) is 0 Å². The Morgan fingerprint density at radius 3 is 2.53 bits per heavy atom. The number of epoxide rings is 1. The maximum Gasteiger partial charge on any atom is 0.311 e. The largest absolute Gasteiger partial charge is 0.469 e. The molecule has 0 spiro atoms. The van der Waals surface area contributed by atoms with E-state index in [1.165, 1.54) is 19.2 Å². The van der Waals surface area contributed by atoms with E-state index in [0.29, 0.717) is 12.2 Å². The molecule has 1 aromatic rings. The quantitative estimate of drug-likeness (QED) is 0.595. The summed E-state index contributed by atoms with van der Waals surface area (Å²) in [6, 6.07) is 3.22.